The largest absolute Gasteiger partial charge is 0.481 e. The van der Waals surface area contributed by atoms with Gasteiger partial charge >= 0.3 is 11.9 Å². The number of nitrogens with zero attached hydrogens (tertiary/aromatic N) is 1. The maximum Gasteiger partial charge on any atom is 0.326 e. The van der Waals surface area contributed by atoms with Crippen molar-refractivity contribution in [3.63, 3.8) is 0 Å². The van der Waals surface area contributed by atoms with Gasteiger partial charge in [0.2, 0.25) is 23.6 Å². The van der Waals surface area contributed by atoms with Crippen LogP contribution in [0.5, 0.6) is 0 Å². The van der Waals surface area contributed by atoms with Gasteiger partial charge in [0.25, 0.3) is 0 Å². The van der Waals surface area contributed by atoms with Crippen LogP contribution in [0.25, 0.3) is 0 Å². The van der Waals surface area contributed by atoms with Crippen LogP contribution in [-0.4, -0.2) is 153 Å². The first-order valence-electron chi connectivity index (χ1n) is 29.6. The van der Waals surface area contributed by atoms with Gasteiger partial charge in [-0.25, -0.2) is 4.79 Å². The van der Waals surface area contributed by atoms with Crippen LogP contribution in [0.15, 0.2) is 0 Å². The fourth-order valence-electron chi connectivity index (χ4n) is 8.60. The average Bonchev–Trinajstić information content (AvgIpc) is 3.37. The number of carbonyl (C=O) groups excluding carboxylic acids is 7. The van der Waals surface area contributed by atoms with Gasteiger partial charge in [0.05, 0.1) is 33.0 Å². The van der Waals surface area contributed by atoms with Crippen molar-refractivity contribution >= 4 is 52.9 Å². The molecular formula is C59H108N4O15. The fraction of sp³-hybridized carbons (Fsp3) is 0.847. The van der Waals surface area contributed by atoms with E-state index in [1.807, 2.05) is 20.8 Å². The summed E-state index contributed by atoms with van der Waals surface area (Å²) in [6.07, 6.45) is 26.7. The van der Waals surface area contributed by atoms with Gasteiger partial charge in [-0.3, -0.25) is 38.4 Å². The molecule has 0 aliphatic carbocycles. The topological polar surface area (TPSA) is 270 Å². The first-order chi connectivity index (χ1) is 37.2. The zero-order valence-electron chi connectivity index (χ0n) is 49.2. The Morgan fingerprint density at radius 2 is 1.03 bits per heavy atom. The molecule has 5 N–H and O–H groups in total. The number of hydrogen-bond acceptors (Lipinski definition) is 13. The first kappa shape index (κ1) is 73.7. The van der Waals surface area contributed by atoms with Crippen molar-refractivity contribution in [2.45, 2.75) is 227 Å². The SMILES string of the molecule is CC(=O)NC(CCC(=O)CCCOCCOCC(=O)NCCOCCOCC(=O)NCCCC[C@H](CC(=O)C(C)(C)C)C(C)=O)C(=O)O.CC1CCN(C(=O)CCCCCCCCCCCCCCCCCCC(=O)O)CC1.[HH]. The number of rotatable bonds is 49. The molecule has 1 aliphatic heterocycles. The monoisotopic (exact) mass is 1110 g/mol. The summed E-state index contributed by atoms with van der Waals surface area (Å²) in [6, 6.07) is -1.08. The van der Waals surface area contributed by atoms with E-state index in [1.54, 1.807) is 0 Å². The van der Waals surface area contributed by atoms with Crippen molar-refractivity contribution in [3.05, 3.63) is 0 Å². The Kier molecular flexibility index (Phi) is 45.9. The molecule has 0 aromatic heterocycles. The summed E-state index contributed by atoms with van der Waals surface area (Å²) in [5.74, 6) is -2.01. The number of carboxylic acids is 2. The molecule has 0 bridgehead atoms. The second kappa shape index (κ2) is 48.6. The molecule has 0 aromatic carbocycles. The summed E-state index contributed by atoms with van der Waals surface area (Å²) in [5, 5.41) is 25.3. The van der Waals surface area contributed by atoms with Gasteiger partial charge in [-0.1, -0.05) is 124 Å². The molecule has 1 unspecified atom stereocenters. The molecule has 0 aromatic rings. The van der Waals surface area contributed by atoms with E-state index in [1.165, 1.54) is 110 Å². The van der Waals surface area contributed by atoms with Crippen LogP contribution >= 0.6 is 0 Å². The summed E-state index contributed by atoms with van der Waals surface area (Å²) in [5.41, 5.74) is -0.468. The predicted molar refractivity (Wildman–Crippen MR) is 303 cm³/mol. The van der Waals surface area contributed by atoms with E-state index in [0.29, 0.717) is 44.7 Å². The Hall–Kier alpha value is -4.33. The standard InChI is InChI=1S/C33H57N3O12.C26H49NO3.H2/c1-24(37)26(21-29(40)33(3,4)5)9-6-7-13-34-30(41)22-48-20-18-46-16-14-35-31(42)23-47-19-17-45-15-8-10-27(39)11-12-28(32(43)44)36-25(2)38;1-24-20-22-27(23-21-24)25(28)18-16-14-12-10-8-6-4-2-3-5-7-9-11-13-15-17-19-26(29)30;/h26,28H,6-23H2,1-5H3,(H,34,41)(H,35,42)(H,36,38)(H,43,44);24H,2-23H2,1H3,(H,29,30);1H/t26-,28?;;/m1../s1. The van der Waals surface area contributed by atoms with Crippen molar-refractivity contribution < 1.29 is 73.7 Å². The lowest BCUT2D eigenvalue weighted by atomic mass is 9.82. The summed E-state index contributed by atoms with van der Waals surface area (Å²) in [4.78, 5) is 107. The number of ether oxygens (including phenoxy) is 4. The molecule has 2 atom stereocenters. The minimum atomic E-state index is -1.18. The Morgan fingerprint density at radius 1 is 0.551 bits per heavy atom. The van der Waals surface area contributed by atoms with Crippen LogP contribution in [0.3, 0.4) is 0 Å². The minimum Gasteiger partial charge on any atom is -0.481 e. The van der Waals surface area contributed by atoms with Crippen LogP contribution in [0.2, 0.25) is 0 Å². The number of likely N-dealkylation sites (tertiary alicyclic amines) is 1. The van der Waals surface area contributed by atoms with E-state index >= 15 is 0 Å². The van der Waals surface area contributed by atoms with E-state index in [-0.39, 0.29) is 115 Å². The van der Waals surface area contributed by atoms with Crippen LogP contribution in [0.4, 0.5) is 0 Å². The molecule has 1 fully saturated rings. The lowest BCUT2D eigenvalue weighted by molar-refractivity contribution is -0.142. The van der Waals surface area contributed by atoms with Crippen LogP contribution in [0, 0.1) is 17.3 Å². The van der Waals surface area contributed by atoms with Crippen LogP contribution < -0.4 is 16.0 Å². The third kappa shape index (κ3) is 46.6. The van der Waals surface area contributed by atoms with Crippen LogP contribution in [0.1, 0.15) is 223 Å². The Morgan fingerprint density at radius 3 is 1.50 bits per heavy atom. The summed E-state index contributed by atoms with van der Waals surface area (Å²) in [7, 11) is 0. The highest BCUT2D eigenvalue weighted by atomic mass is 16.5. The quantitative estimate of drug-likeness (QED) is 0.0356. The van der Waals surface area contributed by atoms with Gasteiger partial charge in [0, 0.05) is 84.6 Å². The Bertz CT molecular complexity index is 1670. The number of ketones is 3. The van der Waals surface area contributed by atoms with Crippen molar-refractivity contribution in [2.75, 3.05) is 79.0 Å². The zero-order valence-corrected chi connectivity index (χ0v) is 49.2. The van der Waals surface area contributed by atoms with E-state index in [0.717, 1.165) is 51.1 Å². The number of amides is 4. The maximum atomic E-state index is 12.2. The number of carboxylic acid groups (broad SMARTS) is 2. The molecule has 4 amide bonds. The van der Waals surface area contributed by atoms with Crippen molar-refractivity contribution in [3.8, 4) is 0 Å². The van der Waals surface area contributed by atoms with E-state index < -0.39 is 29.3 Å². The van der Waals surface area contributed by atoms with Gasteiger partial charge in [0.1, 0.15) is 36.6 Å². The van der Waals surface area contributed by atoms with Gasteiger partial charge in [-0.15, -0.1) is 0 Å². The highest BCUT2D eigenvalue weighted by Crippen LogP contribution is 2.24. The second-order valence-electron chi connectivity index (χ2n) is 22.1. The van der Waals surface area contributed by atoms with Crippen LogP contribution in [-0.2, 0) is 62.1 Å². The molecule has 1 heterocycles. The van der Waals surface area contributed by atoms with Gasteiger partial charge in [0.15, 0.2) is 0 Å². The lowest BCUT2D eigenvalue weighted by Crippen LogP contribution is -2.39. The predicted octanol–water partition coefficient (Wildman–Crippen LogP) is 8.98. The molecule has 454 valence electrons. The number of nitrogens with one attached hydrogen (secondary N) is 3. The summed E-state index contributed by atoms with van der Waals surface area (Å²) >= 11 is 0. The molecule has 1 aliphatic rings. The molecule has 1 saturated heterocycles. The van der Waals surface area contributed by atoms with Crippen molar-refractivity contribution in [1.82, 2.24) is 20.9 Å². The van der Waals surface area contributed by atoms with E-state index in [9.17, 15) is 43.2 Å². The van der Waals surface area contributed by atoms with Gasteiger partial charge in [-0.05, 0) is 64.2 Å². The summed E-state index contributed by atoms with van der Waals surface area (Å²) in [6.45, 7) is 14.5. The first-order valence-corrected chi connectivity index (χ1v) is 29.6. The van der Waals surface area contributed by atoms with Gasteiger partial charge < -0.3 is 50.0 Å². The Balaban J connectivity index is 0. The third-order valence-electron chi connectivity index (χ3n) is 13.7. The number of aliphatic carboxylic acids is 2. The number of hydrogen-bond donors (Lipinski definition) is 5. The molecule has 0 saturated carbocycles. The zero-order chi connectivity index (χ0) is 58.2. The van der Waals surface area contributed by atoms with Crippen molar-refractivity contribution in [1.29, 1.82) is 0 Å². The molecule has 0 radical (unpaired) electrons. The molecule has 78 heavy (non-hydrogen) atoms. The molecule has 19 nitrogen and oxygen atoms in total. The molecule has 1 rings (SSSR count). The number of carbonyl (C=O) groups is 9. The third-order valence-corrected chi connectivity index (χ3v) is 13.7. The van der Waals surface area contributed by atoms with E-state index in [4.69, 9.17) is 29.2 Å². The fourth-order valence-corrected chi connectivity index (χ4v) is 8.60. The smallest absolute Gasteiger partial charge is 0.326 e. The molecule has 19 heteroatoms. The number of Topliss-reactive ketones (excluding diaryl/α,β-unsaturated/α-hetero) is 3. The average molecular weight is 1110 g/mol. The minimum absolute atomic E-state index is 0. The van der Waals surface area contributed by atoms with E-state index in [2.05, 4.69) is 27.8 Å². The lowest BCUT2D eigenvalue weighted by Gasteiger charge is -2.30. The molecule has 0 spiro atoms. The maximum absolute atomic E-state index is 12.2. The highest BCUT2D eigenvalue weighted by Gasteiger charge is 2.27. The van der Waals surface area contributed by atoms with Gasteiger partial charge in [-0.2, -0.15) is 0 Å². The Labute approximate surface area is 469 Å². The van der Waals surface area contributed by atoms with Crippen molar-refractivity contribution in [2.24, 2.45) is 17.3 Å². The molecular weight excluding hydrogens is 1000 g/mol. The number of unbranched alkanes of at least 4 members (excludes halogenated alkanes) is 16. The normalized spacial score (nSPS) is 13.4. The number of piperidine rings is 1. The second-order valence-corrected chi connectivity index (χ2v) is 22.1. The highest BCUT2D eigenvalue weighted by molar-refractivity contribution is 5.89. The summed E-state index contributed by atoms with van der Waals surface area (Å²) < 4.78 is 21.3.